The zero-order valence-corrected chi connectivity index (χ0v) is 12.4. The van der Waals surface area contributed by atoms with Gasteiger partial charge in [-0.15, -0.1) is 11.8 Å². The third-order valence-electron chi connectivity index (χ3n) is 3.18. The van der Waals surface area contributed by atoms with E-state index in [2.05, 4.69) is 5.32 Å². The molecule has 1 N–H and O–H groups in total. The number of hydrogen-bond donors (Lipinski definition) is 1. The van der Waals surface area contributed by atoms with Gasteiger partial charge in [0.2, 0.25) is 0 Å². The van der Waals surface area contributed by atoms with Gasteiger partial charge in [0.15, 0.2) is 11.6 Å². The lowest BCUT2D eigenvalue weighted by Crippen LogP contribution is -2.30. The second kappa shape index (κ2) is 7.52. The Bertz CT molecular complexity index is 604. The number of benzene rings is 2. The average molecular weight is 311 g/mol. The van der Waals surface area contributed by atoms with Gasteiger partial charge in [0.1, 0.15) is 5.82 Å². The van der Waals surface area contributed by atoms with Gasteiger partial charge in [-0.2, -0.15) is 0 Å². The van der Waals surface area contributed by atoms with Crippen LogP contribution in [0.5, 0.6) is 0 Å². The SMILES string of the molecule is CNC(CSc1ccccc1F)Cc1cccc(F)c1F. The molecule has 112 valence electrons. The molecule has 5 heteroatoms. The highest BCUT2D eigenvalue weighted by molar-refractivity contribution is 7.99. The Morgan fingerprint density at radius 3 is 2.43 bits per heavy atom. The Balaban J connectivity index is 2.01. The fourth-order valence-corrected chi connectivity index (χ4v) is 3.01. The third kappa shape index (κ3) is 4.25. The van der Waals surface area contributed by atoms with Crippen LogP contribution in [-0.2, 0) is 6.42 Å². The standard InChI is InChI=1S/C16H16F3NS/c1-20-12(9-11-5-4-7-14(18)16(11)19)10-21-15-8-3-2-6-13(15)17/h2-8,12,20H,9-10H2,1H3. The molecule has 0 radical (unpaired) electrons. The molecule has 2 rings (SSSR count). The normalized spacial score (nSPS) is 12.4. The van der Waals surface area contributed by atoms with E-state index in [1.807, 2.05) is 0 Å². The maximum atomic E-state index is 13.7. The number of rotatable bonds is 6. The summed E-state index contributed by atoms with van der Waals surface area (Å²) in [6.07, 6.45) is 0.349. The Morgan fingerprint density at radius 2 is 1.71 bits per heavy atom. The molecule has 2 aromatic carbocycles. The van der Waals surface area contributed by atoms with Crippen LogP contribution in [0.25, 0.3) is 0 Å². The molecule has 0 fully saturated rings. The first-order chi connectivity index (χ1) is 10.1. The lowest BCUT2D eigenvalue weighted by atomic mass is 10.1. The molecular weight excluding hydrogens is 295 g/mol. The van der Waals surface area contributed by atoms with Crippen molar-refractivity contribution in [2.75, 3.05) is 12.8 Å². The fourth-order valence-electron chi connectivity index (χ4n) is 1.97. The van der Waals surface area contributed by atoms with Gasteiger partial charge in [-0.3, -0.25) is 0 Å². The number of hydrogen-bond acceptors (Lipinski definition) is 2. The van der Waals surface area contributed by atoms with Crippen LogP contribution in [0, 0.1) is 17.5 Å². The van der Waals surface area contributed by atoms with E-state index in [9.17, 15) is 13.2 Å². The lowest BCUT2D eigenvalue weighted by molar-refractivity contribution is 0.490. The number of nitrogens with one attached hydrogen (secondary N) is 1. The zero-order valence-electron chi connectivity index (χ0n) is 11.6. The van der Waals surface area contributed by atoms with Gasteiger partial charge in [0.25, 0.3) is 0 Å². The highest BCUT2D eigenvalue weighted by atomic mass is 32.2. The molecule has 0 saturated carbocycles. The van der Waals surface area contributed by atoms with Gasteiger partial charge in [0.05, 0.1) is 0 Å². The van der Waals surface area contributed by atoms with Gasteiger partial charge in [-0.05, 0) is 37.2 Å². The molecule has 0 heterocycles. The van der Waals surface area contributed by atoms with E-state index in [0.29, 0.717) is 22.6 Å². The zero-order chi connectivity index (χ0) is 15.2. The molecule has 0 saturated heterocycles. The summed E-state index contributed by atoms with van der Waals surface area (Å²) in [5.74, 6) is -1.36. The van der Waals surface area contributed by atoms with Crippen molar-refractivity contribution in [2.45, 2.75) is 17.4 Å². The molecule has 1 nitrogen and oxygen atoms in total. The van der Waals surface area contributed by atoms with E-state index in [1.54, 1.807) is 31.3 Å². The van der Waals surface area contributed by atoms with Crippen LogP contribution in [0.1, 0.15) is 5.56 Å². The summed E-state index contributed by atoms with van der Waals surface area (Å²) in [5.41, 5.74) is 0.323. The van der Waals surface area contributed by atoms with E-state index < -0.39 is 11.6 Å². The Kier molecular flexibility index (Phi) is 5.70. The summed E-state index contributed by atoms with van der Waals surface area (Å²) in [5, 5.41) is 3.05. The molecular formula is C16H16F3NS. The van der Waals surface area contributed by atoms with Crippen molar-refractivity contribution >= 4 is 11.8 Å². The maximum Gasteiger partial charge on any atom is 0.162 e. The minimum absolute atomic E-state index is 0.0779. The van der Waals surface area contributed by atoms with Crippen LogP contribution in [0.4, 0.5) is 13.2 Å². The van der Waals surface area contributed by atoms with Crippen molar-refractivity contribution in [3.05, 3.63) is 65.5 Å². The van der Waals surface area contributed by atoms with Crippen molar-refractivity contribution in [3.63, 3.8) is 0 Å². The molecule has 0 aliphatic rings. The smallest absolute Gasteiger partial charge is 0.162 e. The highest BCUT2D eigenvalue weighted by Gasteiger charge is 2.14. The summed E-state index contributed by atoms with van der Waals surface area (Å²) in [7, 11) is 1.75. The van der Waals surface area contributed by atoms with Crippen LogP contribution in [-0.4, -0.2) is 18.8 Å². The van der Waals surface area contributed by atoms with Gasteiger partial charge in [-0.1, -0.05) is 24.3 Å². The molecule has 0 amide bonds. The van der Waals surface area contributed by atoms with Gasteiger partial charge >= 0.3 is 0 Å². The van der Waals surface area contributed by atoms with Gasteiger partial charge < -0.3 is 5.32 Å². The first-order valence-corrected chi connectivity index (χ1v) is 7.58. The van der Waals surface area contributed by atoms with E-state index >= 15 is 0 Å². The molecule has 1 atom stereocenters. The molecule has 1 unspecified atom stereocenters. The van der Waals surface area contributed by atoms with Crippen LogP contribution in [0.15, 0.2) is 47.4 Å². The minimum atomic E-state index is -0.843. The highest BCUT2D eigenvalue weighted by Crippen LogP contribution is 2.23. The number of likely N-dealkylation sites (N-methyl/N-ethyl adjacent to an activating group) is 1. The fraction of sp³-hybridized carbons (Fsp3) is 0.250. The Labute approximate surface area is 126 Å². The van der Waals surface area contributed by atoms with Gasteiger partial charge in [0, 0.05) is 16.7 Å². The quantitative estimate of drug-likeness (QED) is 0.809. The second-order valence-electron chi connectivity index (χ2n) is 4.64. The first kappa shape index (κ1) is 15.9. The molecule has 0 aliphatic heterocycles. The third-order valence-corrected chi connectivity index (χ3v) is 4.39. The largest absolute Gasteiger partial charge is 0.316 e. The second-order valence-corrected chi connectivity index (χ2v) is 5.71. The van der Waals surface area contributed by atoms with Crippen molar-refractivity contribution in [2.24, 2.45) is 0 Å². The molecule has 0 spiro atoms. The van der Waals surface area contributed by atoms with Gasteiger partial charge in [-0.25, -0.2) is 13.2 Å². The molecule has 21 heavy (non-hydrogen) atoms. The van der Waals surface area contributed by atoms with Crippen LogP contribution < -0.4 is 5.32 Å². The number of halogens is 3. The van der Waals surface area contributed by atoms with E-state index in [4.69, 9.17) is 0 Å². The van der Waals surface area contributed by atoms with Crippen LogP contribution >= 0.6 is 11.8 Å². The minimum Gasteiger partial charge on any atom is -0.316 e. The van der Waals surface area contributed by atoms with Crippen LogP contribution in [0.2, 0.25) is 0 Å². The van der Waals surface area contributed by atoms with Crippen molar-refractivity contribution in [3.8, 4) is 0 Å². The summed E-state index contributed by atoms with van der Waals surface area (Å²) in [6.45, 7) is 0. The van der Waals surface area contributed by atoms with E-state index in [0.717, 1.165) is 6.07 Å². The van der Waals surface area contributed by atoms with Crippen molar-refractivity contribution < 1.29 is 13.2 Å². The Morgan fingerprint density at radius 1 is 1.00 bits per heavy atom. The molecule has 0 bridgehead atoms. The van der Waals surface area contributed by atoms with Crippen molar-refractivity contribution in [1.82, 2.24) is 5.32 Å². The van der Waals surface area contributed by atoms with Crippen LogP contribution in [0.3, 0.4) is 0 Å². The maximum absolute atomic E-state index is 13.7. The summed E-state index contributed by atoms with van der Waals surface area (Å²) >= 11 is 1.36. The van der Waals surface area contributed by atoms with E-state index in [1.165, 1.54) is 23.9 Å². The molecule has 0 aliphatic carbocycles. The monoisotopic (exact) mass is 311 g/mol. The Hall–Kier alpha value is -1.46. The summed E-state index contributed by atoms with van der Waals surface area (Å²) in [4.78, 5) is 0.553. The predicted molar refractivity (Wildman–Crippen MR) is 80.0 cm³/mol. The lowest BCUT2D eigenvalue weighted by Gasteiger charge is -2.16. The van der Waals surface area contributed by atoms with E-state index in [-0.39, 0.29) is 11.9 Å². The molecule has 0 aromatic heterocycles. The van der Waals surface area contributed by atoms with Crippen molar-refractivity contribution in [1.29, 1.82) is 0 Å². The first-order valence-electron chi connectivity index (χ1n) is 6.59. The number of thioether (sulfide) groups is 1. The predicted octanol–water partition coefficient (Wildman–Crippen LogP) is 4.03. The topological polar surface area (TPSA) is 12.0 Å². The summed E-state index contributed by atoms with van der Waals surface area (Å²) in [6, 6.07) is 10.6. The average Bonchev–Trinajstić information content (AvgIpc) is 2.49. The summed E-state index contributed by atoms with van der Waals surface area (Å²) < 4.78 is 40.4. The molecule has 2 aromatic rings.